The van der Waals surface area contributed by atoms with Crippen LogP contribution in [0, 0.1) is 0 Å². The number of carbonyl (C=O) groups excluding carboxylic acids is 4. The molecular weight excluding hydrogens is 1690 g/mol. The smallest absolute Gasteiger partial charge is 0.472 e. The van der Waals surface area contributed by atoms with Crippen molar-refractivity contribution in [2.45, 2.75) is 469 Å². The molecule has 0 spiro atoms. The van der Waals surface area contributed by atoms with Crippen molar-refractivity contribution in [3.63, 3.8) is 0 Å². The van der Waals surface area contributed by atoms with E-state index in [0.29, 0.717) is 51.4 Å². The summed E-state index contributed by atoms with van der Waals surface area (Å²) in [7, 11) is -11.9. The van der Waals surface area contributed by atoms with Gasteiger partial charge >= 0.3 is 39.5 Å². The van der Waals surface area contributed by atoms with Gasteiger partial charge in [-0.15, -0.1) is 0 Å². The van der Waals surface area contributed by atoms with E-state index in [0.717, 1.165) is 180 Å². The number of hydrogen-bond donors (Lipinski definition) is 20. The summed E-state index contributed by atoms with van der Waals surface area (Å²) in [5.74, 6) is -16.0. The molecule has 4 rings (SSSR count). The molecule has 4 fully saturated rings. The first kappa shape index (κ1) is 114. The number of amides is 2. The number of phosphoric ester groups is 2. The topological polar surface area (TPSA) is 626 Å². The second kappa shape index (κ2) is 61.2. The number of carboxylic acids is 2. The first-order chi connectivity index (χ1) is 59.4. The molecule has 20 N–H and O–H groups in total. The molecule has 0 saturated carbocycles. The van der Waals surface area contributed by atoms with E-state index >= 15 is 0 Å². The van der Waals surface area contributed by atoms with Gasteiger partial charge in [-0.05, 0) is 25.7 Å². The molecule has 41 heteroatoms. The zero-order valence-electron chi connectivity index (χ0n) is 73.8. The molecule has 125 heavy (non-hydrogen) atoms. The zero-order chi connectivity index (χ0) is 92.7. The number of phosphoric acid groups is 2. The molecule has 4 saturated heterocycles. The Balaban J connectivity index is 1.93. The minimum absolute atomic E-state index is 0.00496. The van der Waals surface area contributed by atoms with E-state index < -0.39 is 262 Å². The predicted octanol–water partition coefficient (Wildman–Crippen LogP) is 6.21. The van der Waals surface area contributed by atoms with Gasteiger partial charge in [-0.1, -0.05) is 259 Å². The fourth-order valence-electron chi connectivity index (χ4n) is 16.2. The van der Waals surface area contributed by atoms with Crippen LogP contribution in [0.5, 0.6) is 0 Å². The molecule has 4 aliphatic rings. The van der Waals surface area contributed by atoms with Crippen molar-refractivity contribution in [3.05, 3.63) is 0 Å². The summed E-state index contributed by atoms with van der Waals surface area (Å²) in [6.45, 7) is 3.02. The van der Waals surface area contributed by atoms with Crippen LogP contribution in [0.25, 0.3) is 0 Å². The van der Waals surface area contributed by atoms with E-state index in [-0.39, 0.29) is 25.7 Å². The number of hydrogen-bond acceptors (Lipinski definition) is 31. The lowest BCUT2D eigenvalue weighted by molar-refractivity contribution is -0.378. The highest BCUT2D eigenvalue weighted by Crippen LogP contribution is 2.46. The Bertz CT molecular complexity index is 3090. The number of carboxylic acid groups (broad SMARTS) is 2. The third kappa shape index (κ3) is 42.8. The average Bonchev–Trinajstić information content (AvgIpc) is 0.750. The van der Waals surface area contributed by atoms with Crippen molar-refractivity contribution >= 4 is 51.3 Å². The lowest BCUT2D eigenvalue weighted by atomic mass is 9.90. The van der Waals surface area contributed by atoms with Gasteiger partial charge in [0.25, 0.3) is 11.6 Å². The van der Waals surface area contributed by atoms with Gasteiger partial charge in [0, 0.05) is 12.8 Å². The number of esters is 2. The molecule has 7 unspecified atom stereocenters. The van der Waals surface area contributed by atoms with Crippen LogP contribution in [0.15, 0.2) is 0 Å². The molecule has 2 amide bonds. The quantitative estimate of drug-likeness (QED) is 0.0183. The Kier molecular flexibility index (Phi) is 55.6. The monoisotopic (exact) mass is 1840 g/mol. The van der Waals surface area contributed by atoms with Crippen LogP contribution in [0.3, 0.4) is 0 Å². The molecule has 0 aromatic rings. The highest BCUT2D eigenvalue weighted by Gasteiger charge is 2.63. The number of unbranched alkanes of at least 4 members (excludes halogenated alkanes) is 32. The van der Waals surface area contributed by atoms with Gasteiger partial charge in [-0.2, -0.15) is 0 Å². The second-order valence-electron chi connectivity index (χ2n) is 34.3. The fraction of sp³-hybridized carbons (Fsp3) is 0.929. The molecule has 0 radical (unpaired) electrons. The van der Waals surface area contributed by atoms with E-state index in [9.17, 15) is 129 Å². The normalized spacial score (nSPS) is 28.3. The van der Waals surface area contributed by atoms with Crippen molar-refractivity contribution in [1.82, 2.24) is 10.6 Å². The van der Waals surface area contributed by atoms with Gasteiger partial charge in [0.05, 0.1) is 88.7 Å². The largest absolute Gasteiger partial charge is 0.477 e. The molecule has 0 aliphatic carbocycles. The third-order valence-electron chi connectivity index (χ3n) is 23.3. The second-order valence-corrected chi connectivity index (χ2v) is 36.7. The Morgan fingerprint density at radius 1 is 0.408 bits per heavy atom. The summed E-state index contributed by atoms with van der Waals surface area (Å²) in [5, 5.41) is 161. The van der Waals surface area contributed by atoms with Gasteiger partial charge in [0.2, 0.25) is 11.8 Å². The van der Waals surface area contributed by atoms with Crippen LogP contribution in [0.2, 0.25) is 0 Å². The first-order valence-electron chi connectivity index (χ1n) is 46.0. The van der Waals surface area contributed by atoms with Gasteiger partial charge in [0.1, 0.15) is 73.1 Å². The molecule has 4 heterocycles. The SMILES string of the molecule is CCCCCCCCCCC[C@@H](O)CC(=O)N[C@H]1C(OC(=O)C[C@H](O)CCCCCCCCCCC)[C@H](O)C(CO[C@H]2OC(CO[C@]3(C(=O)O)C[C@@H](O[C@]4(C(=O)O)CC(O)[C@@H](O)C([C@H](O)CO)O4)[C@@H](O)C([C@H](O)CO)O3)[C@@H](OP(=O)(O)O)C(OC(=O)C[C@H](O)CCCCCCCCCCC)[C@@H]2NC(=O)C[C@H](O)CCCCCCCCCCC)O[C@@H]1OP(=O)(O)O. The molecule has 0 aromatic heterocycles. The molecule has 0 bridgehead atoms. The van der Waals surface area contributed by atoms with E-state index in [1.54, 1.807) is 0 Å². The summed E-state index contributed by atoms with van der Waals surface area (Å²) >= 11 is 0. The van der Waals surface area contributed by atoms with Gasteiger partial charge in [0.15, 0.2) is 24.8 Å². The summed E-state index contributed by atoms with van der Waals surface area (Å²) in [4.78, 5) is 128. The predicted molar refractivity (Wildman–Crippen MR) is 448 cm³/mol. The zero-order valence-corrected chi connectivity index (χ0v) is 75.5. The number of rotatable bonds is 70. The maximum absolute atomic E-state index is 14.7. The minimum Gasteiger partial charge on any atom is -0.477 e. The fourth-order valence-corrected chi connectivity index (χ4v) is 17.3. The summed E-state index contributed by atoms with van der Waals surface area (Å²) in [6.07, 6.45) is -15.9. The van der Waals surface area contributed by atoms with Crippen molar-refractivity contribution in [1.29, 1.82) is 0 Å². The van der Waals surface area contributed by atoms with Crippen LogP contribution < -0.4 is 10.6 Å². The van der Waals surface area contributed by atoms with Crippen LogP contribution in [0.4, 0.5) is 0 Å². The summed E-state index contributed by atoms with van der Waals surface area (Å²) in [6, 6.07) is -4.34. The van der Waals surface area contributed by atoms with Crippen molar-refractivity contribution in [3.8, 4) is 0 Å². The Labute approximate surface area is 735 Å². The maximum Gasteiger partial charge on any atom is 0.472 e. The number of aliphatic carboxylic acids is 2. The molecule has 732 valence electrons. The van der Waals surface area contributed by atoms with E-state index in [1.165, 1.54) is 0 Å². The number of nitrogens with one attached hydrogen (secondary N) is 2. The standard InChI is InChI=1S/C84H154N2O37P2/c1-5-9-13-17-21-25-29-33-37-41-55(89)45-65(96)85-69-77(117-67(98)47-57(91)43-39-35-31-27-23-19-15-11-7-3)73(102)63(115-80(69)123-125(110,111)112)53-113-79-70(86-66(97)46-56(90)42-38-34-30-26-22-18-14-10-6-2)78(118-68(99)48-58(92)44-40-36-32-28-24-20-16-12-8-4)76(122-124(107,108)109)64(116-79)54-114-83(81(103)104)50-62(72(101)75(120-83)61(95)52-88)119-84(82(105)106)49-59(93)71(100)74(121-84)60(94)51-87/h55-64,69-80,87-95,100-102H,5-54H2,1-4H3,(H,85,96)(H,86,97)(H,103,104)(H,105,106)(H2,107,108,109)(H2,110,111,112)/t55-,56-,57-,58-,59?,60-,61-,62-,63?,64?,69+,70+,71-,72-,73-,74?,75?,76-,77?,78?,79+,80-,83-,84-/m1/s1. The molecule has 4 aliphatic heterocycles. The lowest BCUT2D eigenvalue weighted by Crippen LogP contribution is -2.69. The first-order valence-corrected chi connectivity index (χ1v) is 49.0. The van der Waals surface area contributed by atoms with Crippen LogP contribution >= 0.6 is 15.6 Å². The number of ether oxygens (including phenoxy) is 9. The molecule has 0 aromatic carbocycles. The van der Waals surface area contributed by atoms with Crippen LogP contribution in [-0.4, -0.2) is 299 Å². The molecule has 39 nitrogen and oxygen atoms in total. The van der Waals surface area contributed by atoms with Gasteiger partial charge in [-0.25, -0.2) is 18.7 Å². The van der Waals surface area contributed by atoms with Crippen molar-refractivity contribution in [2.24, 2.45) is 0 Å². The minimum atomic E-state index is -6.10. The number of aliphatic hydroxyl groups excluding tert-OH is 12. The lowest BCUT2D eigenvalue weighted by Gasteiger charge is -2.50. The van der Waals surface area contributed by atoms with E-state index in [4.69, 9.17) is 51.7 Å². The Hall–Kier alpha value is -3.72. The summed E-state index contributed by atoms with van der Waals surface area (Å²) < 4.78 is 90.8. The molecule has 24 atom stereocenters. The van der Waals surface area contributed by atoms with Gasteiger partial charge < -0.3 is 144 Å². The van der Waals surface area contributed by atoms with Crippen LogP contribution in [0.1, 0.15) is 323 Å². The highest BCUT2D eigenvalue weighted by atomic mass is 31.2. The molecular formula is C84H154N2O37P2. The Morgan fingerprint density at radius 3 is 1.13 bits per heavy atom. The highest BCUT2D eigenvalue weighted by molar-refractivity contribution is 7.46. The Morgan fingerprint density at radius 2 is 0.752 bits per heavy atom. The van der Waals surface area contributed by atoms with Crippen LogP contribution in [-0.2, 0) is 89.6 Å². The van der Waals surface area contributed by atoms with Gasteiger partial charge in [-0.3, -0.25) is 28.2 Å². The number of carbonyl (C=O) groups is 6. The van der Waals surface area contributed by atoms with Crippen molar-refractivity contribution < 1.29 is 181 Å². The third-order valence-corrected chi connectivity index (χ3v) is 24.3. The number of aliphatic hydroxyl groups is 12. The van der Waals surface area contributed by atoms with E-state index in [1.807, 2.05) is 0 Å². The average molecular weight is 1850 g/mol. The maximum atomic E-state index is 14.7. The van der Waals surface area contributed by atoms with Crippen molar-refractivity contribution in [2.75, 3.05) is 26.4 Å². The summed E-state index contributed by atoms with van der Waals surface area (Å²) in [5.41, 5.74) is 0. The van der Waals surface area contributed by atoms with E-state index in [2.05, 4.69) is 38.3 Å².